The molecule has 0 heterocycles. The van der Waals surface area contributed by atoms with Gasteiger partial charge < -0.3 is 9.47 Å². The third-order valence-corrected chi connectivity index (χ3v) is 7.35. The topological polar surface area (TPSA) is 107 Å². The van der Waals surface area contributed by atoms with E-state index in [4.69, 9.17) is 16.3 Å². The number of carbonyl (C=O) groups is 3. The van der Waals surface area contributed by atoms with E-state index in [1.807, 2.05) is 0 Å². The number of esters is 2. The van der Waals surface area contributed by atoms with Crippen LogP contribution in [0.1, 0.15) is 39.5 Å². The summed E-state index contributed by atoms with van der Waals surface area (Å²) < 4.78 is 51.1. The van der Waals surface area contributed by atoms with Crippen LogP contribution in [0.2, 0.25) is 5.02 Å². The number of sulfonamides is 1. The van der Waals surface area contributed by atoms with Crippen molar-refractivity contribution in [3.8, 4) is 0 Å². The van der Waals surface area contributed by atoms with E-state index in [2.05, 4.69) is 4.74 Å². The molecule has 1 aliphatic rings. The molecule has 32 heavy (non-hydrogen) atoms. The van der Waals surface area contributed by atoms with Gasteiger partial charge in [0.1, 0.15) is 11.1 Å². The number of nitrogens with zero attached hydrogens (tertiary/aromatic N) is 1. The first kappa shape index (κ1) is 25.8. The number of rotatable bonds is 8. The summed E-state index contributed by atoms with van der Waals surface area (Å²) in [6, 6.07) is 2.90. The molecule has 1 aliphatic carbocycles. The fraction of sp³-hybridized carbons (Fsp3) is 0.476. The molecule has 0 radical (unpaired) electrons. The Hall–Kier alpha value is -2.46. The summed E-state index contributed by atoms with van der Waals surface area (Å²) in [5.41, 5.74) is -0.349. The molecule has 1 aromatic rings. The number of anilines is 1. The van der Waals surface area contributed by atoms with E-state index in [1.165, 1.54) is 13.0 Å². The van der Waals surface area contributed by atoms with Crippen LogP contribution in [0.4, 0.5) is 10.1 Å². The first-order valence-electron chi connectivity index (χ1n) is 10.0. The summed E-state index contributed by atoms with van der Waals surface area (Å²) in [4.78, 5) is 37.4. The first-order chi connectivity index (χ1) is 15.0. The van der Waals surface area contributed by atoms with Gasteiger partial charge in [-0.2, -0.15) is 0 Å². The van der Waals surface area contributed by atoms with Crippen LogP contribution in [0.15, 0.2) is 29.8 Å². The molecule has 0 bridgehead atoms. The van der Waals surface area contributed by atoms with Gasteiger partial charge >= 0.3 is 11.9 Å². The third-order valence-electron chi connectivity index (χ3n) is 4.96. The fourth-order valence-corrected chi connectivity index (χ4v) is 5.76. The zero-order valence-electron chi connectivity index (χ0n) is 18.0. The largest absolute Gasteiger partial charge is 0.469 e. The van der Waals surface area contributed by atoms with Crippen LogP contribution < -0.4 is 4.31 Å². The highest BCUT2D eigenvalue weighted by atomic mass is 35.5. The van der Waals surface area contributed by atoms with Crippen LogP contribution in [-0.4, -0.2) is 45.2 Å². The molecule has 1 aromatic carbocycles. The molecule has 1 amide bonds. The van der Waals surface area contributed by atoms with Crippen molar-refractivity contribution >= 4 is 45.2 Å². The molecule has 11 heteroatoms. The quantitative estimate of drug-likeness (QED) is 0.515. The zero-order chi connectivity index (χ0) is 24.1. The Bertz CT molecular complexity index is 1020. The van der Waals surface area contributed by atoms with Crippen LogP contribution in [-0.2, 0) is 33.9 Å². The molecule has 0 fully saturated rings. The normalized spacial score (nSPS) is 17.2. The third kappa shape index (κ3) is 5.66. The molecule has 0 unspecified atom stereocenters. The zero-order valence-corrected chi connectivity index (χ0v) is 19.5. The minimum Gasteiger partial charge on any atom is -0.469 e. The summed E-state index contributed by atoms with van der Waals surface area (Å²) in [7, 11) is -3.41. The van der Waals surface area contributed by atoms with Gasteiger partial charge in [0.2, 0.25) is 15.9 Å². The molecule has 0 saturated heterocycles. The number of amides is 1. The summed E-state index contributed by atoms with van der Waals surface area (Å²) in [5.74, 6) is -4.29. The number of methoxy groups -OCH3 is 1. The number of allylic oxidation sites excluding steroid dienone is 1. The van der Waals surface area contributed by atoms with E-state index in [1.54, 1.807) is 6.92 Å². The van der Waals surface area contributed by atoms with Crippen LogP contribution in [0.25, 0.3) is 0 Å². The van der Waals surface area contributed by atoms with Crippen LogP contribution in [0.3, 0.4) is 0 Å². The van der Waals surface area contributed by atoms with Gasteiger partial charge in [-0.3, -0.25) is 9.59 Å². The second-order valence-electron chi connectivity index (χ2n) is 7.22. The minimum absolute atomic E-state index is 0.0472. The Balaban J connectivity index is 2.60. The average Bonchev–Trinajstić information content (AvgIpc) is 2.75. The van der Waals surface area contributed by atoms with E-state index < -0.39 is 44.9 Å². The highest BCUT2D eigenvalue weighted by molar-refractivity contribution is 7.94. The molecule has 8 nitrogen and oxygen atoms in total. The van der Waals surface area contributed by atoms with Gasteiger partial charge in [-0.05, 0) is 44.4 Å². The number of benzene rings is 1. The number of hydrogen-bond donors (Lipinski definition) is 0. The van der Waals surface area contributed by atoms with Crippen LogP contribution in [0, 0.1) is 11.7 Å². The van der Waals surface area contributed by atoms with Crippen LogP contribution in [0.5, 0.6) is 0 Å². The lowest BCUT2D eigenvalue weighted by molar-refractivity contribution is -0.143. The summed E-state index contributed by atoms with van der Waals surface area (Å²) in [6.45, 7) is 3.00. The second-order valence-corrected chi connectivity index (χ2v) is 9.60. The molecule has 0 aromatic heterocycles. The maximum absolute atomic E-state index is 13.7. The minimum atomic E-state index is -4.56. The first-order valence-corrected chi connectivity index (χ1v) is 11.9. The van der Waals surface area contributed by atoms with E-state index in [0.717, 1.165) is 25.3 Å². The van der Waals surface area contributed by atoms with Gasteiger partial charge in [0.25, 0.3) is 0 Å². The van der Waals surface area contributed by atoms with Gasteiger partial charge in [-0.15, -0.1) is 0 Å². The number of ether oxygens (including phenoxy) is 2. The monoisotopic (exact) mass is 489 g/mol. The standard InChI is InChI=1S/C21H25ClFNO7S/c1-4-31-21(27)15-7-5-6-8-18(15)32(28,29)24(17-10-9-14(23)12-16(17)22)20(26)13(2)11-19(25)30-3/h7,9-10,12-13,18H,4-6,8,11H2,1-3H3/t13-,18-/m1/s1. The Morgan fingerprint density at radius 3 is 2.59 bits per heavy atom. The van der Waals surface area contributed by atoms with Crippen molar-refractivity contribution in [2.45, 2.75) is 44.8 Å². The predicted molar refractivity (Wildman–Crippen MR) is 116 cm³/mol. The fourth-order valence-electron chi connectivity index (χ4n) is 3.36. The van der Waals surface area contributed by atoms with Gasteiger partial charge in [0.05, 0.1) is 36.4 Å². The SMILES string of the molecule is CCOC(=O)C1=CCCC[C@H]1S(=O)(=O)N(C(=O)[C@H](C)CC(=O)OC)c1ccc(F)cc1Cl. The molecule has 176 valence electrons. The van der Waals surface area contributed by atoms with Crippen LogP contribution >= 0.6 is 11.6 Å². The van der Waals surface area contributed by atoms with Gasteiger partial charge in [-0.1, -0.05) is 24.6 Å². The van der Waals surface area contributed by atoms with E-state index in [0.29, 0.717) is 17.1 Å². The van der Waals surface area contributed by atoms with E-state index >= 15 is 0 Å². The Kier molecular flexibility index (Phi) is 8.80. The molecule has 2 rings (SSSR count). The highest BCUT2D eigenvalue weighted by Crippen LogP contribution is 2.36. The lowest BCUT2D eigenvalue weighted by Gasteiger charge is -2.32. The average molecular weight is 490 g/mol. The Labute approximate surface area is 191 Å². The lowest BCUT2D eigenvalue weighted by atomic mass is 9.99. The van der Waals surface area contributed by atoms with Crippen molar-refractivity contribution < 1.29 is 36.7 Å². The Morgan fingerprint density at radius 2 is 2.00 bits per heavy atom. The number of halogens is 2. The van der Waals surface area contributed by atoms with E-state index in [9.17, 15) is 27.2 Å². The molecular weight excluding hydrogens is 465 g/mol. The smallest absolute Gasteiger partial charge is 0.335 e. The molecule has 0 N–H and O–H groups in total. The molecule has 0 spiro atoms. The lowest BCUT2D eigenvalue weighted by Crippen LogP contribution is -2.47. The molecular formula is C21H25ClFNO7S. The number of hydrogen-bond acceptors (Lipinski definition) is 7. The van der Waals surface area contributed by atoms with Crippen molar-refractivity contribution in [1.29, 1.82) is 0 Å². The predicted octanol–water partition coefficient (Wildman–Crippen LogP) is 3.38. The number of carbonyl (C=O) groups excluding carboxylic acids is 3. The van der Waals surface area contributed by atoms with Gasteiger partial charge in [-0.25, -0.2) is 21.9 Å². The summed E-state index contributed by atoms with van der Waals surface area (Å²) >= 11 is 6.10. The van der Waals surface area contributed by atoms with Crippen molar-refractivity contribution in [3.05, 3.63) is 40.7 Å². The maximum atomic E-state index is 13.7. The van der Waals surface area contributed by atoms with Crippen molar-refractivity contribution in [1.82, 2.24) is 0 Å². The Morgan fingerprint density at radius 1 is 1.31 bits per heavy atom. The molecule has 0 saturated carbocycles. The maximum Gasteiger partial charge on any atom is 0.335 e. The molecule has 0 aliphatic heterocycles. The summed E-state index contributed by atoms with van der Waals surface area (Å²) in [5, 5.41) is -1.68. The van der Waals surface area contributed by atoms with Crippen molar-refractivity contribution in [2.24, 2.45) is 5.92 Å². The molecule has 2 atom stereocenters. The highest BCUT2D eigenvalue weighted by Gasteiger charge is 2.43. The van der Waals surface area contributed by atoms with Gasteiger partial charge in [0.15, 0.2) is 0 Å². The van der Waals surface area contributed by atoms with Gasteiger partial charge in [0, 0.05) is 5.92 Å². The van der Waals surface area contributed by atoms with E-state index in [-0.39, 0.29) is 35.7 Å². The second kappa shape index (κ2) is 10.9. The van der Waals surface area contributed by atoms with Crippen molar-refractivity contribution in [2.75, 3.05) is 18.0 Å². The van der Waals surface area contributed by atoms with Crippen molar-refractivity contribution in [3.63, 3.8) is 0 Å². The summed E-state index contributed by atoms with van der Waals surface area (Å²) in [6.07, 6.45) is 2.11.